The number of carbonyl (C=O) groups excluding carboxylic acids is 1. The van der Waals surface area contributed by atoms with Crippen molar-refractivity contribution in [3.63, 3.8) is 0 Å². The number of rotatable bonds is 5. The van der Waals surface area contributed by atoms with Crippen LogP contribution < -0.4 is 9.47 Å². The van der Waals surface area contributed by atoms with E-state index < -0.39 is 0 Å². The molecule has 1 aliphatic rings. The van der Waals surface area contributed by atoms with E-state index >= 15 is 0 Å². The molecular weight excluding hydrogens is 301 g/mol. The Morgan fingerprint density at radius 3 is 2.85 bits per heavy atom. The Hall–Kier alpha value is -1.39. The first-order valence-electron chi connectivity index (χ1n) is 6.25. The number of carbonyl (C=O) groups is 1. The molecule has 1 heterocycles. The number of benzene rings is 1. The summed E-state index contributed by atoms with van der Waals surface area (Å²) < 4.78 is 10.6. The van der Waals surface area contributed by atoms with E-state index in [9.17, 15) is 4.79 Å². The van der Waals surface area contributed by atoms with Crippen molar-refractivity contribution in [1.29, 1.82) is 0 Å². The van der Waals surface area contributed by atoms with E-state index in [1.165, 1.54) is 11.2 Å². The van der Waals surface area contributed by atoms with Gasteiger partial charge in [-0.25, -0.2) is 0 Å². The molecule has 0 N–H and O–H groups in total. The lowest BCUT2D eigenvalue weighted by atomic mass is 10.1. The summed E-state index contributed by atoms with van der Waals surface area (Å²) in [6, 6.07) is 5.06. The summed E-state index contributed by atoms with van der Waals surface area (Å²) in [5, 5.41) is 0.264. The van der Waals surface area contributed by atoms with Crippen molar-refractivity contribution in [2.45, 2.75) is 12.8 Å². The fraction of sp³-hybridized carbons (Fsp3) is 0.357. The Kier molecular flexibility index (Phi) is 5.15. The van der Waals surface area contributed by atoms with Crippen LogP contribution in [-0.4, -0.2) is 30.3 Å². The van der Waals surface area contributed by atoms with Crippen molar-refractivity contribution in [3.05, 3.63) is 35.2 Å². The highest BCUT2D eigenvalue weighted by molar-refractivity contribution is 6.30. The maximum atomic E-state index is 12.5. The maximum absolute atomic E-state index is 12.5. The van der Waals surface area contributed by atoms with Crippen LogP contribution in [-0.2, 0) is 0 Å². The standard InChI is InChI=1S/C14H15Cl2NO3/c1-19-10-4-5-11-12(8-10)20-9-13(16)17(14(11)18)7-3-2-6-15/h4-5,8-9H,2-3,6-7H2,1H3. The summed E-state index contributed by atoms with van der Waals surface area (Å²) >= 11 is 11.8. The second-order valence-corrected chi connectivity index (χ2v) is 5.04. The van der Waals surface area contributed by atoms with Gasteiger partial charge in [0.05, 0.1) is 12.7 Å². The third-order valence-corrected chi connectivity index (χ3v) is 3.53. The van der Waals surface area contributed by atoms with Gasteiger partial charge in [-0.3, -0.25) is 9.69 Å². The molecule has 108 valence electrons. The van der Waals surface area contributed by atoms with Crippen LogP contribution in [0.1, 0.15) is 23.2 Å². The zero-order chi connectivity index (χ0) is 14.5. The molecule has 0 radical (unpaired) electrons. The number of nitrogens with zero attached hydrogens (tertiary/aromatic N) is 1. The predicted molar refractivity (Wildman–Crippen MR) is 78.5 cm³/mol. The van der Waals surface area contributed by atoms with Crippen LogP contribution in [0.2, 0.25) is 0 Å². The molecule has 0 aromatic heterocycles. The first-order valence-corrected chi connectivity index (χ1v) is 7.17. The van der Waals surface area contributed by atoms with Gasteiger partial charge in [0, 0.05) is 18.5 Å². The average Bonchev–Trinajstić information content (AvgIpc) is 2.58. The normalized spacial score (nSPS) is 14.2. The monoisotopic (exact) mass is 315 g/mol. The third-order valence-electron chi connectivity index (χ3n) is 2.97. The molecule has 6 heteroatoms. The molecule has 0 bridgehead atoms. The maximum Gasteiger partial charge on any atom is 0.262 e. The number of hydrogen-bond acceptors (Lipinski definition) is 3. The van der Waals surface area contributed by atoms with Crippen LogP contribution in [0.3, 0.4) is 0 Å². The smallest absolute Gasteiger partial charge is 0.262 e. The van der Waals surface area contributed by atoms with E-state index in [4.69, 9.17) is 32.7 Å². The van der Waals surface area contributed by atoms with E-state index in [-0.39, 0.29) is 11.1 Å². The SMILES string of the molecule is COc1ccc2c(c1)OC=C(Cl)N(CCCCCl)C2=O. The number of alkyl halides is 1. The molecule has 0 saturated carbocycles. The Balaban J connectivity index is 2.26. The van der Waals surface area contributed by atoms with Gasteiger partial charge in [0.25, 0.3) is 5.91 Å². The first kappa shape index (κ1) is 15.0. The van der Waals surface area contributed by atoms with E-state index in [0.29, 0.717) is 29.5 Å². The molecular formula is C14H15Cl2NO3. The van der Waals surface area contributed by atoms with Crippen LogP contribution in [0.5, 0.6) is 11.5 Å². The van der Waals surface area contributed by atoms with E-state index in [2.05, 4.69) is 0 Å². The number of hydrogen-bond donors (Lipinski definition) is 0. The number of fused-ring (bicyclic) bond motifs is 1. The summed E-state index contributed by atoms with van der Waals surface area (Å²) in [5.74, 6) is 1.44. The topological polar surface area (TPSA) is 38.8 Å². The molecule has 1 amide bonds. The van der Waals surface area contributed by atoms with Crippen molar-refractivity contribution in [3.8, 4) is 11.5 Å². The molecule has 20 heavy (non-hydrogen) atoms. The summed E-state index contributed by atoms with van der Waals surface area (Å²) in [5.41, 5.74) is 0.462. The molecule has 4 nitrogen and oxygen atoms in total. The molecule has 0 unspecified atom stereocenters. The highest BCUT2D eigenvalue weighted by atomic mass is 35.5. The van der Waals surface area contributed by atoms with E-state index in [1.54, 1.807) is 25.3 Å². The van der Waals surface area contributed by atoms with Gasteiger partial charge in [-0.2, -0.15) is 0 Å². The minimum Gasteiger partial charge on any atom is -0.497 e. The molecule has 0 spiro atoms. The second kappa shape index (κ2) is 6.86. The third kappa shape index (κ3) is 3.19. The quantitative estimate of drug-likeness (QED) is 0.473. The molecule has 0 saturated heterocycles. The summed E-state index contributed by atoms with van der Waals surface area (Å²) in [6.45, 7) is 0.510. The second-order valence-electron chi connectivity index (χ2n) is 4.27. The van der Waals surface area contributed by atoms with Crippen LogP contribution in [0.4, 0.5) is 0 Å². The van der Waals surface area contributed by atoms with E-state index in [0.717, 1.165) is 12.8 Å². The summed E-state index contributed by atoms with van der Waals surface area (Å²) in [6.07, 6.45) is 2.97. The van der Waals surface area contributed by atoms with Crippen molar-refractivity contribution in [2.75, 3.05) is 19.5 Å². The molecule has 0 fully saturated rings. The zero-order valence-electron chi connectivity index (χ0n) is 11.1. The highest BCUT2D eigenvalue weighted by Gasteiger charge is 2.25. The number of amides is 1. The average molecular weight is 316 g/mol. The molecule has 1 aromatic carbocycles. The van der Waals surface area contributed by atoms with Gasteiger partial charge < -0.3 is 9.47 Å². The van der Waals surface area contributed by atoms with Crippen LogP contribution in [0.15, 0.2) is 29.6 Å². The fourth-order valence-corrected chi connectivity index (χ4v) is 2.29. The van der Waals surface area contributed by atoms with E-state index in [1.807, 2.05) is 0 Å². The van der Waals surface area contributed by atoms with Crippen LogP contribution in [0.25, 0.3) is 0 Å². The van der Waals surface area contributed by atoms with Gasteiger partial charge in [0.15, 0.2) is 0 Å². The van der Waals surface area contributed by atoms with Crippen molar-refractivity contribution in [1.82, 2.24) is 4.90 Å². The predicted octanol–water partition coefficient (Wildman–Crippen LogP) is 3.59. The van der Waals surface area contributed by atoms with Gasteiger partial charge in [-0.15, -0.1) is 11.6 Å². The lowest BCUT2D eigenvalue weighted by molar-refractivity contribution is 0.0816. The lowest BCUT2D eigenvalue weighted by Gasteiger charge is -2.19. The Bertz CT molecular complexity index is 531. The number of halogens is 2. The fourth-order valence-electron chi connectivity index (χ4n) is 1.89. The van der Waals surface area contributed by atoms with Crippen LogP contribution >= 0.6 is 23.2 Å². The summed E-state index contributed by atoms with van der Waals surface area (Å²) in [7, 11) is 1.56. The van der Waals surface area contributed by atoms with Crippen molar-refractivity contribution in [2.24, 2.45) is 0 Å². The van der Waals surface area contributed by atoms with Crippen molar-refractivity contribution < 1.29 is 14.3 Å². The highest BCUT2D eigenvalue weighted by Crippen LogP contribution is 2.30. The minimum atomic E-state index is -0.184. The molecule has 0 atom stereocenters. The number of ether oxygens (including phenoxy) is 2. The first-order chi connectivity index (χ1) is 9.67. The molecule has 1 aromatic rings. The molecule has 1 aliphatic heterocycles. The minimum absolute atomic E-state index is 0.184. The lowest BCUT2D eigenvalue weighted by Crippen LogP contribution is -2.29. The van der Waals surface area contributed by atoms with Gasteiger partial charge in [-0.05, 0) is 25.0 Å². The summed E-state index contributed by atoms with van der Waals surface area (Å²) in [4.78, 5) is 14.0. The van der Waals surface area contributed by atoms with Crippen LogP contribution in [0, 0.1) is 0 Å². The zero-order valence-corrected chi connectivity index (χ0v) is 12.6. The van der Waals surface area contributed by atoms with Gasteiger partial charge in [0.2, 0.25) is 0 Å². The Labute approximate surface area is 127 Å². The van der Waals surface area contributed by atoms with Gasteiger partial charge in [-0.1, -0.05) is 11.6 Å². The largest absolute Gasteiger partial charge is 0.497 e. The Morgan fingerprint density at radius 2 is 2.15 bits per heavy atom. The molecule has 0 aliphatic carbocycles. The van der Waals surface area contributed by atoms with Gasteiger partial charge in [0.1, 0.15) is 22.9 Å². The number of unbranched alkanes of at least 4 members (excludes halogenated alkanes) is 1. The van der Waals surface area contributed by atoms with Crippen molar-refractivity contribution >= 4 is 29.1 Å². The number of methoxy groups -OCH3 is 1. The van der Waals surface area contributed by atoms with Gasteiger partial charge >= 0.3 is 0 Å². The Morgan fingerprint density at radius 1 is 1.35 bits per heavy atom. The molecule has 2 rings (SSSR count).